The fourth-order valence-electron chi connectivity index (χ4n) is 2.15. The minimum Gasteiger partial charge on any atom is -0.379 e. The normalized spacial score (nSPS) is 18.4. The molecule has 0 aliphatic carbocycles. The molecule has 0 aromatic heterocycles. The zero-order chi connectivity index (χ0) is 12.3. The van der Waals surface area contributed by atoms with Gasteiger partial charge in [0.1, 0.15) is 11.9 Å². The quantitative estimate of drug-likeness (QED) is 0.823. The SMILES string of the molecule is CC1(Nc2ccc(F)cc2C#N)CCNCC1. The zero-order valence-corrected chi connectivity index (χ0v) is 9.89. The van der Waals surface area contributed by atoms with E-state index in [1.165, 1.54) is 12.1 Å². The molecule has 1 fully saturated rings. The van der Waals surface area contributed by atoms with Crippen molar-refractivity contribution >= 4 is 5.69 Å². The fourth-order valence-corrected chi connectivity index (χ4v) is 2.15. The zero-order valence-electron chi connectivity index (χ0n) is 9.89. The van der Waals surface area contributed by atoms with Crippen molar-refractivity contribution in [1.29, 1.82) is 5.26 Å². The third-order valence-electron chi connectivity index (χ3n) is 3.25. The molecule has 1 saturated heterocycles. The second-order valence-electron chi connectivity index (χ2n) is 4.74. The van der Waals surface area contributed by atoms with Gasteiger partial charge in [0, 0.05) is 5.54 Å². The third kappa shape index (κ3) is 2.75. The summed E-state index contributed by atoms with van der Waals surface area (Å²) < 4.78 is 13.0. The van der Waals surface area contributed by atoms with E-state index in [-0.39, 0.29) is 11.4 Å². The van der Waals surface area contributed by atoms with Crippen LogP contribution in [0, 0.1) is 17.1 Å². The number of nitriles is 1. The van der Waals surface area contributed by atoms with Gasteiger partial charge in [0.2, 0.25) is 0 Å². The Bertz CT molecular complexity index is 444. The standard InChI is InChI=1S/C13H16FN3/c1-13(4-6-16-7-5-13)17-12-3-2-11(14)8-10(12)9-15/h2-3,8,16-17H,4-7H2,1H3. The van der Waals surface area contributed by atoms with Crippen LogP contribution >= 0.6 is 0 Å². The molecule has 90 valence electrons. The maximum atomic E-state index is 13.0. The molecular formula is C13H16FN3. The molecular weight excluding hydrogens is 217 g/mol. The van der Waals surface area contributed by atoms with Crippen LogP contribution in [-0.2, 0) is 0 Å². The molecule has 2 rings (SSSR count). The summed E-state index contributed by atoms with van der Waals surface area (Å²) in [5.41, 5.74) is 1.07. The molecule has 4 heteroatoms. The van der Waals surface area contributed by atoms with Crippen molar-refractivity contribution in [3.63, 3.8) is 0 Å². The second-order valence-corrected chi connectivity index (χ2v) is 4.74. The van der Waals surface area contributed by atoms with Gasteiger partial charge in [-0.05, 0) is 51.1 Å². The van der Waals surface area contributed by atoms with E-state index in [1.54, 1.807) is 6.07 Å². The Balaban J connectivity index is 2.20. The minimum absolute atomic E-state index is 0.0192. The maximum absolute atomic E-state index is 13.0. The number of anilines is 1. The number of hydrogen-bond acceptors (Lipinski definition) is 3. The number of halogens is 1. The van der Waals surface area contributed by atoms with Crippen molar-refractivity contribution in [2.24, 2.45) is 0 Å². The van der Waals surface area contributed by atoms with E-state index >= 15 is 0 Å². The highest BCUT2D eigenvalue weighted by Crippen LogP contribution is 2.26. The molecule has 1 aromatic rings. The van der Waals surface area contributed by atoms with Crippen LogP contribution in [0.15, 0.2) is 18.2 Å². The maximum Gasteiger partial charge on any atom is 0.124 e. The van der Waals surface area contributed by atoms with Gasteiger partial charge in [-0.3, -0.25) is 0 Å². The van der Waals surface area contributed by atoms with Crippen LogP contribution < -0.4 is 10.6 Å². The van der Waals surface area contributed by atoms with Crippen LogP contribution in [0.5, 0.6) is 0 Å². The highest BCUT2D eigenvalue weighted by Gasteiger charge is 2.26. The summed E-state index contributed by atoms with van der Waals surface area (Å²) in [5.74, 6) is -0.373. The van der Waals surface area contributed by atoms with Gasteiger partial charge in [-0.15, -0.1) is 0 Å². The average molecular weight is 233 g/mol. The molecule has 0 radical (unpaired) electrons. The molecule has 1 aliphatic rings. The van der Waals surface area contributed by atoms with Gasteiger partial charge in [0.25, 0.3) is 0 Å². The fraction of sp³-hybridized carbons (Fsp3) is 0.462. The van der Waals surface area contributed by atoms with Crippen molar-refractivity contribution in [1.82, 2.24) is 5.32 Å². The average Bonchev–Trinajstić information content (AvgIpc) is 2.32. The largest absolute Gasteiger partial charge is 0.379 e. The van der Waals surface area contributed by atoms with E-state index in [4.69, 9.17) is 5.26 Å². The van der Waals surface area contributed by atoms with Crippen molar-refractivity contribution in [3.05, 3.63) is 29.6 Å². The molecule has 0 bridgehead atoms. The highest BCUT2D eigenvalue weighted by molar-refractivity contribution is 5.58. The number of hydrogen-bond donors (Lipinski definition) is 2. The number of nitrogens with one attached hydrogen (secondary N) is 2. The van der Waals surface area contributed by atoms with Gasteiger partial charge in [-0.2, -0.15) is 5.26 Å². The molecule has 0 atom stereocenters. The van der Waals surface area contributed by atoms with Crippen molar-refractivity contribution in [2.75, 3.05) is 18.4 Å². The summed E-state index contributed by atoms with van der Waals surface area (Å²) in [6.45, 7) is 4.07. The number of nitrogens with zero attached hydrogens (tertiary/aromatic N) is 1. The van der Waals surface area contributed by atoms with E-state index in [0.29, 0.717) is 5.56 Å². The molecule has 0 unspecified atom stereocenters. The van der Waals surface area contributed by atoms with Gasteiger partial charge in [-0.1, -0.05) is 0 Å². The molecule has 1 heterocycles. The molecule has 0 spiro atoms. The first-order valence-electron chi connectivity index (χ1n) is 5.81. The Morgan fingerprint density at radius 1 is 1.41 bits per heavy atom. The summed E-state index contributed by atoms with van der Waals surface area (Å²) in [6, 6.07) is 6.32. The molecule has 0 amide bonds. The van der Waals surface area contributed by atoms with E-state index in [2.05, 4.69) is 17.6 Å². The number of piperidine rings is 1. The molecule has 1 aliphatic heterocycles. The van der Waals surface area contributed by atoms with Crippen molar-refractivity contribution in [3.8, 4) is 6.07 Å². The van der Waals surface area contributed by atoms with Crippen LogP contribution in [0.25, 0.3) is 0 Å². The summed E-state index contributed by atoms with van der Waals surface area (Å²) in [6.07, 6.45) is 1.99. The van der Waals surface area contributed by atoms with E-state index < -0.39 is 0 Å². The van der Waals surface area contributed by atoms with Crippen LogP contribution in [-0.4, -0.2) is 18.6 Å². The number of rotatable bonds is 2. The summed E-state index contributed by atoms with van der Waals surface area (Å²) in [7, 11) is 0. The summed E-state index contributed by atoms with van der Waals surface area (Å²) in [4.78, 5) is 0. The lowest BCUT2D eigenvalue weighted by atomic mass is 9.90. The molecule has 2 N–H and O–H groups in total. The molecule has 1 aromatic carbocycles. The second kappa shape index (κ2) is 4.72. The number of benzene rings is 1. The van der Waals surface area contributed by atoms with Crippen molar-refractivity contribution < 1.29 is 4.39 Å². The first-order valence-corrected chi connectivity index (χ1v) is 5.81. The Morgan fingerprint density at radius 2 is 2.12 bits per heavy atom. The van der Waals surface area contributed by atoms with Crippen LogP contribution in [0.3, 0.4) is 0 Å². The van der Waals surface area contributed by atoms with Crippen LogP contribution in [0.1, 0.15) is 25.3 Å². The summed E-state index contributed by atoms with van der Waals surface area (Å²) >= 11 is 0. The third-order valence-corrected chi connectivity index (χ3v) is 3.25. The van der Waals surface area contributed by atoms with Gasteiger partial charge in [-0.25, -0.2) is 4.39 Å². The van der Waals surface area contributed by atoms with Gasteiger partial charge >= 0.3 is 0 Å². The molecule has 3 nitrogen and oxygen atoms in total. The predicted octanol–water partition coefficient (Wildman–Crippen LogP) is 2.25. The minimum atomic E-state index is -0.373. The molecule has 17 heavy (non-hydrogen) atoms. The molecule has 0 saturated carbocycles. The van der Waals surface area contributed by atoms with E-state index in [9.17, 15) is 4.39 Å². The highest BCUT2D eigenvalue weighted by atomic mass is 19.1. The van der Waals surface area contributed by atoms with Gasteiger partial charge in [0.15, 0.2) is 0 Å². The van der Waals surface area contributed by atoms with E-state index in [1.807, 2.05) is 6.07 Å². The monoisotopic (exact) mass is 233 g/mol. The smallest absolute Gasteiger partial charge is 0.124 e. The topological polar surface area (TPSA) is 47.9 Å². The lowest BCUT2D eigenvalue weighted by molar-refractivity contribution is 0.365. The van der Waals surface area contributed by atoms with Crippen molar-refractivity contribution in [2.45, 2.75) is 25.3 Å². The van der Waals surface area contributed by atoms with Crippen LogP contribution in [0.2, 0.25) is 0 Å². The Labute approximate surface area is 101 Å². The van der Waals surface area contributed by atoms with Gasteiger partial charge < -0.3 is 10.6 Å². The predicted molar refractivity (Wildman–Crippen MR) is 65.2 cm³/mol. The lowest BCUT2D eigenvalue weighted by Gasteiger charge is -2.36. The Hall–Kier alpha value is -1.60. The Kier molecular flexibility index (Phi) is 3.30. The summed E-state index contributed by atoms with van der Waals surface area (Å²) in [5, 5.41) is 15.7. The Morgan fingerprint density at radius 3 is 2.76 bits per heavy atom. The van der Waals surface area contributed by atoms with E-state index in [0.717, 1.165) is 31.6 Å². The lowest BCUT2D eigenvalue weighted by Crippen LogP contribution is -2.45. The van der Waals surface area contributed by atoms with Gasteiger partial charge in [0.05, 0.1) is 11.3 Å². The van der Waals surface area contributed by atoms with Crippen LogP contribution in [0.4, 0.5) is 10.1 Å². The first-order chi connectivity index (χ1) is 8.13. The first kappa shape index (κ1) is 11.9.